The molecule has 0 aliphatic heterocycles. The number of esters is 1. The van der Waals surface area contributed by atoms with Crippen molar-refractivity contribution in [2.75, 3.05) is 7.11 Å². The Labute approximate surface area is 86.4 Å². The number of carbonyl (C=O) groups excluding carboxylic acids is 1. The van der Waals surface area contributed by atoms with Gasteiger partial charge in [-0.15, -0.1) is 0 Å². The highest BCUT2D eigenvalue weighted by molar-refractivity contribution is 5.97. The van der Waals surface area contributed by atoms with Crippen molar-refractivity contribution in [3.8, 4) is 6.07 Å². The Bertz CT molecular complexity index is 446. The second kappa shape index (κ2) is 4.91. The van der Waals surface area contributed by atoms with Crippen LogP contribution in [0.3, 0.4) is 0 Å². The summed E-state index contributed by atoms with van der Waals surface area (Å²) in [6.45, 7) is 0. The predicted octanol–water partition coefficient (Wildman–Crippen LogP) is 1.91. The van der Waals surface area contributed by atoms with Gasteiger partial charge in [0.25, 0.3) is 0 Å². The maximum atomic E-state index is 13.1. The summed E-state index contributed by atoms with van der Waals surface area (Å²) in [5.74, 6) is -1.27. The molecular formula is C11H8FNO2. The predicted molar refractivity (Wildman–Crippen MR) is 52.0 cm³/mol. The Hall–Kier alpha value is -2.15. The molecule has 1 aromatic carbocycles. The molecule has 0 unspecified atom stereocenters. The molecule has 0 saturated carbocycles. The van der Waals surface area contributed by atoms with Crippen LogP contribution < -0.4 is 0 Å². The highest BCUT2D eigenvalue weighted by atomic mass is 19.1. The lowest BCUT2D eigenvalue weighted by Crippen LogP contribution is -2.02. The molecule has 0 N–H and O–H groups in total. The highest BCUT2D eigenvalue weighted by Crippen LogP contribution is 2.11. The van der Waals surface area contributed by atoms with E-state index in [4.69, 9.17) is 5.26 Å². The van der Waals surface area contributed by atoms with Gasteiger partial charge in [-0.1, -0.05) is 18.2 Å². The van der Waals surface area contributed by atoms with E-state index in [0.29, 0.717) is 0 Å². The number of hydrogen-bond donors (Lipinski definition) is 0. The maximum Gasteiger partial charge on any atom is 0.348 e. The third kappa shape index (κ3) is 2.64. The number of nitriles is 1. The molecule has 0 saturated heterocycles. The molecule has 0 aliphatic carbocycles. The van der Waals surface area contributed by atoms with Gasteiger partial charge in [0.1, 0.15) is 17.5 Å². The van der Waals surface area contributed by atoms with Gasteiger partial charge in [0.15, 0.2) is 0 Å². The second-order valence-corrected chi connectivity index (χ2v) is 2.68. The third-order valence-corrected chi connectivity index (χ3v) is 1.73. The van der Waals surface area contributed by atoms with Gasteiger partial charge in [-0.05, 0) is 12.1 Å². The van der Waals surface area contributed by atoms with Crippen molar-refractivity contribution in [3.05, 3.63) is 41.2 Å². The first-order chi connectivity index (χ1) is 7.19. The maximum absolute atomic E-state index is 13.1. The van der Waals surface area contributed by atoms with Gasteiger partial charge >= 0.3 is 5.97 Å². The van der Waals surface area contributed by atoms with E-state index in [0.717, 1.165) is 13.2 Å². The van der Waals surface area contributed by atoms with Crippen LogP contribution in [0.5, 0.6) is 0 Å². The zero-order valence-corrected chi connectivity index (χ0v) is 8.03. The van der Waals surface area contributed by atoms with E-state index >= 15 is 0 Å². The van der Waals surface area contributed by atoms with Gasteiger partial charge in [-0.2, -0.15) is 5.26 Å². The molecule has 15 heavy (non-hydrogen) atoms. The quantitative estimate of drug-likeness (QED) is 0.421. The van der Waals surface area contributed by atoms with Crippen LogP contribution in [0, 0.1) is 17.1 Å². The zero-order chi connectivity index (χ0) is 11.3. The minimum absolute atomic E-state index is 0.180. The fourth-order valence-corrected chi connectivity index (χ4v) is 0.994. The standard InChI is InChI=1S/C11H8FNO2/c1-15-11(14)9(7-13)6-8-4-2-3-5-10(8)12/h2-6H,1H3/b9-6+. The lowest BCUT2D eigenvalue weighted by Gasteiger charge is -1.98. The van der Waals surface area contributed by atoms with Crippen LogP contribution in [0.4, 0.5) is 4.39 Å². The number of carbonyl (C=O) groups is 1. The fourth-order valence-electron chi connectivity index (χ4n) is 0.994. The summed E-state index contributed by atoms with van der Waals surface area (Å²) in [4.78, 5) is 11.0. The fraction of sp³-hybridized carbons (Fsp3) is 0.0909. The Morgan fingerprint density at radius 3 is 2.73 bits per heavy atom. The first-order valence-electron chi connectivity index (χ1n) is 4.13. The minimum Gasteiger partial charge on any atom is -0.465 e. The van der Waals surface area contributed by atoms with E-state index in [-0.39, 0.29) is 11.1 Å². The van der Waals surface area contributed by atoms with E-state index in [1.807, 2.05) is 0 Å². The normalized spacial score (nSPS) is 10.6. The van der Waals surface area contributed by atoms with Crippen molar-refractivity contribution in [1.29, 1.82) is 5.26 Å². The average Bonchev–Trinajstić information content (AvgIpc) is 2.27. The molecule has 0 aromatic heterocycles. The molecule has 3 nitrogen and oxygen atoms in total. The summed E-state index contributed by atoms with van der Waals surface area (Å²) in [7, 11) is 1.16. The lowest BCUT2D eigenvalue weighted by molar-refractivity contribution is -0.135. The molecule has 0 heterocycles. The van der Waals surface area contributed by atoms with Crippen LogP contribution in [-0.2, 0) is 9.53 Å². The van der Waals surface area contributed by atoms with Crippen molar-refractivity contribution in [2.45, 2.75) is 0 Å². The molecule has 0 bridgehead atoms. The molecule has 0 aliphatic rings. The first-order valence-corrected chi connectivity index (χ1v) is 4.13. The third-order valence-electron chi connectivity index (χ3n) is 1.73. The smallest absolute Gasteiger partial charge is 0.348 e. The van der Waals surface area contributed by atoms with Crippen LogP contribution in [0.25, 0.3) is 6.08 Å². The molecule has 76 valence electrons. The van der Waals surface area contributed by atoms with E-state index in [2.05, 4.69) is 4.74 Å². The Balaban J connectivity index is 3.11. The second-order valence-electron chi connectivity index (χ2n) is 2.68. The largest absolute Gasteiger partial charge is 0.465 e. The molecule has 0 spiro atoms. The molecule has 0 fully saturated rings. The van der Waals surface area contributed by atoms with Gasteiger partial charge in [-0.25, -0.2) is 9.18 Å². The molecule has 0 amide bonds. The van der Waals surface area contributed by atoms with Crippen molar-refractivity contribution in [3.63, 3.8) is 0 Å². The summed E-state index contributed by atoms with van der Waals surface area (Å²) in [5, 5.41) is 8.64. The van der Waals surface area contributed by atoms with E-state index in [1.165, 1.54) is 18.2 Å². The van der Waals surface area contributed by atoms with Crippen molar-refractivity contribution < 1.29 is 13.9 Å². The summed E-state index contributed by atoms with van der Waals surface area (Å²) < 4.78 is 17.5. The van der Waals surface area contributed by atoms with Gasteiger partial charge in [0.05, 0.1) is 7.11 Å². The highest BCUT2D eigenvalue weighted by Gasteiger charge is 2.09. The van der Waals surface area contributed by atoms with Crippen molar-refractivity contribution >= 4 is 12.0 Å². The van der Waals surface area contributed by atoms with Gasteiger partial charge in [-0.3, -0.25) is 0 Å². The molecule has 1 aromatic rings. The van der Waals surface area contributed by atoms with Crippen LogP contribution >= 0.6 is 0 Å². The van der Waals surface area contributed by atoms with E-state index in [1.54, 1.807) is 12.1 Å². The number of hydrogen-bond acceptors (Lipinski definition) is 3. The van der Waals surface area contributed by atoms with Crippen molar-refractivity contribution in [1.82, 2.24) is 0 Å². The number of halogens is 1. The summed E-state index contributed by atoms with van der Waals surface area (Å²) in [5.41, 5.74) is -0.0537. The number of nitrogens with zero attached hydrogens (tertiary/aromatic N) is 1. The summed E-state index contributed by atoms with van der Waals surface area (Å²) >= 11 is 0. The van der Waals surface area contributed by atoms with Crippen LogP contribution in [-0.4, -0.2) is 13.1 Å². The topological polar surface area (TPSA) is 50.1 Å². The van der Waals surface area contributed by atoms with Crippen LogP contribution in [0.15, 0.2) is 29.8 Å². The van der Waals surface area contributed by atoms with Crippen molar-refractivity contribution in [2.24, 2.45) is 0 Å². The summed E-state index contributed by atoms with van der Waals surface area (Å²) in [6.07, 6.45) is 1.15. The summed E-state index contributed by atoms with van der Waals surface area (Å²) in [6, 6.07) is 7.50. The molecule has 0 atom stereocenters. The Kier molecular flexibility index (Phi) is 3.58. The van der Waals surface area contributed by atoms with Gasteiger partial charge in [0.2, 0.25) is 0 Å². The monoisotopic (exact) mass is 205 g/mol. The Morgan fingerprint density at radius 2 is 2.20 bits per heavy atom. The number of methoxy groups -OCH3 is 1. The lowest BCUT2D eigenvalue weighted by atomic mass is 10.1. The molecule has 4 heteroatoms. The molecular weight excluding hydrogens is 197 g/mol. The average molecular weight is 205 g/mol. The SMILES string of the molecule is COC(=O)/C(C#N)=C/c1ccccc1F. The van der Waals surface area contributed by atoms with E-state index < -0.39 is 11.8 Å². The zero-order valence-electron chi connectivity index (χ0n) is 8.03. The first kappa shape index (κ1) is 10.9. The number of benzene rings is 1. The number of ether oxygens (including phenoxy) is 1. The van der Waals surface area contributed by atoms with Gasteiger partial charge in [0, 0.05) is 5.56 Å². The Morgan fingerprint density at radius 1 is 1.53 bits per heavy atom. The van der Waals surface area contributed by atoms with Crippen LogP contribution in [0.1, 0.15) is 5.56 Å². The molecule has 1 rings (SSSR count). The number of rotatable bonds is 2. The van der Waals surface area contributed by atoms with Crippen LogP contribution in [0.2, 0.25) is 0 Å². The molecule has 0 radical (unpaired) electrons. The van der Waals surface area contributed by atoms with E-state index in [9.17, 15) is 9.18 Å². The van der Waals surface area contributed by atoms with Gasteiger partial charge < -0.3 is 4.74 Å². The minimum atomic E-state index is -0.777.